The Bertz CT molecular complexity index is 291. The molecule has 0 amide bonds. The number of halogens is 1. The second-order valence-corrected chi connectivity index (χ2v) is 3.26. The van der Waals surface area contributed by atoms with E-state index >= 15 is 0 Å². The van der Waals surface area contributed by atoms with Crippen LogP contribution in [0.5, 0.6) is 5.75 Å². The van der Waals surface area contributed by atoms with Gasteiger partial charge in [-0.2, -0.15) is 0 Å². The fourth-order valence-electron chi connectivity index (χ4n) is 1.08. The molecule has 0 aromatic heterocycles. The maximum atomic E-state index is 8.60. The molecule has 0 aliphatic rings. The summed E-state index contributed by atoms with van der Waals surface area (Å²) in [6, 6.07) is 5.49. The van der Waals surface area contributed by atoms with Crippen LogP contribution in [-0.4, -0.2) is 25.4 Å². The first kappa shape index (κ1) is 11.1. The third kappa shape index (κ3) is 3.09. The van der Waals surface area contributed by atoms with E-state index in [-0.39, 0.29) is 6.61 Å². The van der Waals surface area contributed by atoms with Gasteiger partial charge in [0, 0.05) is 24.9 Å². The van der Waals surface area contributed by atoms with Gasteiger partial charge in [0.2, 0.25) is 0 Å². The summed E-state index contributed by atoms with van der Waals surface area (Å²) in [7, 11) is 1.58. The number of anilines is 1. The SMILES string of the molecule is COc1cc(NCCCO)ccc1Cl. The van der Waals surface area contributed by atoms with Crippen molar-refractivity contribution < 1.29 is 9.84 Å². The molecule has 3 nitrogen and oxygen atoms in total. The highest BCUT2D eigenvalue weighted by atomic mass is 35.5. The normalized spacial score (nSPS) is 9.93. The molecule has 0 heterocycles. The molecule has 0 unspecified atom stereocenters. The monoisotopic (exact) mass is 215 g/mol. The molecule has 4 heteroatoms. The molecule has 1 rings (SSSR count). The van der Waals surface area contributed by atoms with Crippen molar-refractivity contribution in [3.05, 3.63) is 23.2 Å². The van der Waals surface area contributed by atoms with Gasteiger partial charge in [0.1, 0.15) is 5.75 Å². The van der Waals surface area contributed by atoms with Crippen LogP contribution in [0.25, 0.3) is 0 Å². The van der Waals surface area contributed by atoms with Gasteiger partial charge >= 0.3 is 0 Å². The van der Waals surface area contributed by atoms with E-state index in [1.165, 1.54) is 0 Å². The minimum atomic E-state index is 0.192. The van der Waals surface area contributed by atoms with Gasteiger partial charge < -0.3 is 15.2 Å². The first-order valence-corrected chi connectivity index (χ1v) is 4.84. The standard InChI is InChI=1S/C10H14ClNO2/c1-14-10-7-8(3-4-9(10)11)12-5-2-6-13/h3-4,7,12-13H,2,5-6H2,1H3. The van der Waals surface area contributed by atoms with Gasteiger partial charge in [-0.3, -0.25) is 0 Å². The van der Waals surface area contributed by atoms with Gasteiger partial charge in [-0.05, 0) is 18.6 Å². The van der Waals surface area contributed by atoms with E-state index in [1.807, 2.05) is 12.1 Å². The Balaban J connectivity index is 2.60. The van der Waals surface area contributed by atoms with E-state index < -0.39 is 0 Å². The number of methoxy groups -OCH3 is 1. The summed E-state index contributed by atoms with van der Waals surface area (Å²) in [5.74, 6) is 0.653. The first-order valence-electron chi connectivity index (χ1n) is 4.46. The first-order chi connectivity index (χ1) is 6.77. The highest BCUT2D eigenvalue weighted by Gasteiger charge is 2.00. The van der Waals surface area contributed by atoms with Gasteiger partial charge in [-0.25, -0.2) is 0 Å². The third-order valence-corrected chi connectivity index (χ3v) is 2.13. The number of benzene rings is 1. The second kappa shape index (κ2) is 5.73. The van der Waals surface area contributed by atoms with Crippen LogP contribution < -0.4 is 10.1 Å². The lowest BCUT2D eigenvalue weighted by Gasteiger charge is -2.08. The number of hydrogen-bond donors (Lipinski definition) is 2. The molecule has 0 aliphatic carbocycles. The molecule has 0 spiro atoms. The van der Waals surface area contributed by atoms with Crippen LogP contribution in [0.2, 0.25) is 5.02 Å². The van der Waals surface area contributed by atoms with Crippen molar-refractivity contribution in [2.75, 3.05) is 25.6 Å². The molecule has 0 radical (unpaired) electrons. The molecular formula is C10H14ClNO2. The number of rotatable bonds is 5. The topological polar surface area (TPSA) is 41.5 Å². The molecule has 0 bridgehead atoms. The van der Waals surface area contributed by atoms with Crippen LogP contribution in [0.1, 0.15) is 6.42 Å². The van der Waals surface area contributed by atoms with Gasteiger partial charge in [-0.1, -0.05) is 11.6 Å². The van der Waals surface area contributed by atoms with Gasteiger partial charge in [0.15, 0.2) is 0 Å². The van der Waals surface area contributed by atoms with Crippen molar-refractivity contribution in [3.63, 3.8) is 0 Å². The number of aliphatic hydroxyl groups excluding tert-OH is 1. The van der Waals surface area contributed by atoms with Gasteiger partial charge in [0.25, 0.3) is 0 Å². The molecule has 0 aliphatic heterocycles. The molecular weight excluding hydrogens is 202 g/mol. The summed E-state index contributed by atoms with van der Waals surface area (Å²) in [5.41, 5.74) is 0.944. The predicted molar refractivity (Wildman–Crippen MR) is 58.2 cm³/mol. The Labute approximate surface area is 88.7 Å². The zero-order valence-corrected chi connectivity index (χ0v) is 8.84. The van der Waals surface area contributed by atoms with E-state index in [4.69, 9.17) is 21.4 Å². The second-order valence-electron chi connectivity index (χ2n) is 2.85. The molecule has 1 aromatic rings. The summed E-state index contributed by atoms with van der Waals surface area (Å²) >= 11 is 5.86. The number of hydrogen-bond acceptors (Lipinski definition) is 3. The third-order valence-electron chi connectivity index (χ3n) is 1.82. The van der Waals surface area contributed by atoms with E-state index in [0.29, 0.717) is 10.8 Å². The van der Waals surface area contributed by atoms with E-state index in [1.54, 1.807) is 13.2 Å². The molecule has 0 fully saturated rings. The zero-order valence-electron chi connectivity index (χ0n) is 8.09. The Hall–Kier alpha value is -0.930. The van der Waals surface area contributed by atoms with Gasteiger partial charge in [0.05, 0.1) is 12.1 Å². The predicted octanol–water partition coefficient (Wildman–Crippen LogP) is 2.14. The molecule has 0 saturated carbocycles. The lowest BCUT2D eigenvalue weighted by molar-refractivity contribution is 0.292. The molecule has 2 N–H and O–H groups in total. The van der Waals surface area contributed by atoms with Crippen molar-refractivity contribution in [1.82, 2.24) is 0 Å². The zero-order chi connectivity index (χ0) is 10.4. The molecule has 0 saturated heterocycles. The lowest BCUT2D eigenvalue weighted by atomic mass is 10.3. The van der Waals surface area contributed by atoms with Crippen LogP contribution >= 0.6 is 11.6 Å². The van der Waals surface area contributed by atoms with Crippen molar-refractivity contribution in [3.8, 4) is 5.75 Å². The van der Waals surface area contributed by atoms with Crippen LogP contribution in [-0.2, 0) is 0 Å². The highest BCUT2D eigenvalue weighted by molar-refractivity contribution is 6.32. The average molecular weight is 216 g/mol. The Morgan fingerprint density at radius 2 is 2.29 bits per heavy atom. The van der Waals surface area contributed by atoms with Gasteiger partial charge in [-0.15, -0.1) is 0 Å². The fraction of sp³-hybridized carbons (Fsp3) is 0.400. The number of nitrogens with one attached hydrogen (secondary N) is 1. The minimum absolute atomic E-state index is 0.192. The highest BCUT2D eigenvalue weighted by Crippen LogP contribution is 2.27. The van der Waals surface area contributed by atoms with Crippen molar-refractivity contribution in [2.45, 2.75) is 6.42 Å². The van der Waals surface area contributed by atoms with E-state index in [0.717, 1.165) is 18.7 Å². The van der Waals surface area contributed by atoms with Crippen molar-refractivity contribution >= 4 is 17.3 Å². The Morgan fingerprint density at radius 1 is 1.50 bits per heavy atom. The molecule has 0 atom stereocenters. The van der Waals surface area contributed by atoms with Crippen LogP contribution in [0, 0.1) is 0 Å². The Morgan fingerprint density at radius 3 is 2.93 bits per heavy atom. The largest absolute Gasteiger partial charge is 0.495 e. The number of ether oxygens (including phenoxy) is 1. The molecule has 78 valence electrons. The summed E-state index contributed by atoms with van der Waals surface area (Å²) < 4.78 is 5.07. The summed E-state index contributed by atoms with van der Waals surface area (Å²) in [6.07, 6.45) is 0.727. The minimum Gasteiger partial charge on any atom is -0.495 e. The maximum absolute atomic E-state index is 8.60. The molecule has 14 heavy (non-hydrogen) atoms. The summed E-state index contributed by atoms with van der Waals surface area (Å²) in [4.78, 5) is 0. The average Bonchev–Trinajstić information content (AvgIpc) is 2.21. The van der Waals surface area contributed by atoms with Crippen LogP contribution in [0.15, 0.2) is 18.2 Å². The lowest BCUT2D eigenvalue weighted by Crippen LogP contribution is -2.03. The van der Waals surface area contributed by atoms with Crippen LogP contribution in [0.3, 0.4) is 0 Å². The maximum Gasteiger partial charge on any atom is 0.139 e. The van der Waals surface area contributed by atoms with Crippen molar-refractivity contribution in [1.29, 1.82) is 0 Å². The number of aliphatic hydroxyl groups is 1. The van der Waals surface area contributed by atoms with E-state index in [9.17, 15) is 0 Å². The molecule has 1 aromatic carbocycles. The summed E-state index contributed by atoms with van der Waals surface area (Å²) in [5, 5.41) is 12.3. The quantitative estimate of drug-likeness (QED) is 0.740. The van der Waals surface area contributed by atoms with Crippen molar-refractivity contribution in [2.24, 2.45) is 0 Å². The summed E-state index contributed by atoms with van der Waals surface area (Å²) in [6.45, 7) is 0.930. The fourth-order valence-corrected chi connectivity index (χ4v) is 1.28. The van der Waals surface area contributed by atoms with Crippen LogP contribution in [0.4, 0.5) is 5.69 Å². The smallest absolute Gasteiger partial charge is 0.139 e. The van der Waals surface area contributed by atoms with E-state index in [2.05, 4.69) is 5.32 Å². The Kier molecular flexibility index (Phi) is 4.56.